The van der Waals surface area contributed by atoms with Crippen LogP contribution < -0.4 is 22.1 Å². The first-order chi connectivity index (χ1) is 19.4. The number of fused-ring (bicyclic) bond motifs is 1. The first-order valence-electron chi connectivity index (χ1n) is 13.7. The van der Waals surface area contributed by atoms with E-state index in [9.17, 15) is 14.4 Å². The van der Waals surface area contributed by atoms with Crippen molar-refractivity contribution >= 4 is 45.1 Å². The van der Waals surface area contributed by atoms with Crippen LogP contribution in [0.2, 0.25) is 0 Å². The first kappa shape index (κ1) is 29.3. The number of hydrogen-bond donors (Lipinski definition) is 4. The van der Waals surface area contributed by atoms with Crippen LogP contribution in [0, 0.1) is 0 Å². The van der Waals surface area contributed by atoms with Crippen molar-refractivity contribution in [3.8, 4) is 0 Å². The molecule has 1 aliphatic heterocycles. The van der Waals surface area contributed by atoms with Crippen molar-refractivity contribution in [3.05, 3.63) is 65.2 Å². The molecule has 10 nitrogen and oxygen atoms in total. The van der Waals surface area contributed by atoms with E-state index in [2.05, 4.69) is 20.6 Å². The van der Waals surface area contributed by atoms with Gasteiger partial charge in [0.15, 0.2) is 11.0 Å². The molecular formula is C29H37N7O3S. The van der Waals surface area contributed by atoms with Crippen LogP contribution in [0.1, 0.15) is 47.5 Å². The molecule has 1 aliphatic rings. The number of imide groups is 1. The number of piperidine rings is 1. The van der Waals surface area contributed by atoms with Crippen LogP contribution >= 0.6 is 11.3 Å². The van der Waals surface area contributed by atoms with Crippen molar-refractivity contribution in [2.45, 2.75) is 56.7 Å². The van der Waals surface area contributed by atoms with Gasteiger partial charge in [0, 0.05) is 6.54 Å². The molecule has 3 aromatic rings. The minimum Gasteiger partial charge on any atom is -0.370 e. The molecule has 0 radical (unpaired) electrons. The van der Waals surface area contributed by atoms with Gasteiger partial charge in [-0.15, -0.1) is 11.3 Å². The summed E-state index contributed by atoms with van der Waals surface area (Å²) in [5, 5.41) is 6.60. The number of rotatable bonds is 12. The van der Waals surface area contributed by atoms with E-state index in [-0.39, 0.29) is 35.6 Å². The number of thiazole rings is 1. The summed E-state index contributed by atoms with van der Waals surface area (Å²) in [5.41, 5.74) is 12.7. The average Bonchev–Trinajstić information content (AvgIpc) is 3.42. The minimum atomic E-state index is -1.05. The summed E-state index contributed by atoms with van der Waals surface area (Å²) in [7, 11) is 1.69. The number of nitrogens with zero attached hydrogens (tertiary/aromatic N) is 3. The highest BCUT2D eigenvalue weighted by Crippen LogP contribution is 2.26. The second-order valence-corrected chi connectivity index (χ2v) is 10.9. The van der Waals surface area contributed by atoms with Gasteiger partial charge >= 0.3 is 0 Å². The molecule has 2 heterocycles. The van der Waals surface area contributed by atoms with E-state index < -0.39 is 24.0 Å². The lowest BCUT2D eigenvalue weighted by atomic mass is 9.97. The molecule has 3 atom stereocenters. The lowest BCUT2D eigenvalue weighted by Gasteiger charge is -2.35. The van der Waals surface area contributed by atoms with Crippen LogP contribution in [-0.4, -0.2) is 71.7 Å². The first-order valence-corrected chi connectivity index (χ1v) is 14.5. The SMILES string of the molecule is CN[C@H](Cc1ccccc1)C(=O)N(C(=O)[C@@H]1CCCCN1)[C@@H](CCCN=C(N)N)C(=O)c1nc2ccccc2s1. The van der Waals surface area contributed by atoms with E-state index in [1.165, 1.54) is 16.2 Å². The van der Waals surface area contributed by atoms with Crippen LogP contribution in [0.15, 0.2) is 59.6 Å². The van der Waals surface area contributed by atoms with E-state index in [1.54, 1.807) is 7.05 Å². The molecule has 1 saturated heterocycles. The number of hydrogen-bond acceptors (Lipinski definition) is 8. The third-order valence-corrected chi connectivity index (χ3v) is 8.11. The van der Waals surface area contributed by atoms with Gasteiger partial charge < -0.3 is 22.1 Å². The number of carbonyl (C=O) groups excluding carboxylic acids is 3. The highest BCUT2D eigenvalue weighted by Gasteiger charge is 2.41. The Balaban J connectivity index is 1.72. The van der Waals surface area contributed by atoms with E-state index >= 15 is 0 Å². The van der Waals surface area contributed by atoms with E-state index in [4.69, 9.17) is 11.5 Å². The molecule has 2 aromatic carbocycles. The number of amides is 2. The molecule has 11 heteroatoms. The van der Waals surface area contributed by atoms with Gasteiger partial charge in [-0.2, -0.15) is 0 Å². The molecule has 212 valence electrons. The van der Waals surface area contributed by atoms with Gasteiger partial charge in [0.1, 0.15) is 6.04 Å². The number of carbonyl (C=O) groups is 3. The molecule has 0 saturated carbocycles. The Morgan fingerprint density at radius 1 is 1.12 bits per heavy atom. The number of nitrogens with two attached hydrogens (primary N) is 2. The Kier molecular flexibility index (Phi) is 10.3. The van der Waals surface area contributed by atoms with Gasteiger partial charge in [0.2, 0.25) is 17.6 Å². The monoisotopic (exact) mass is 563 g/mol. The molecule has 2 amide bonds. The van der Waals surface area contributed by atoms with Gasteiger partial charge in [-0.25, -0.2) is 4.98 Å². The van der Waals surface area contributed by atoms with Gasteiger partial charge in [0.05, 0.1) is 22.3 Å². The Labute approximate surface area is 238 Å². The van der Waals surface area contributed by atoms with Crippen molar-refractivity contribution in [1.82, 2.24) is 20.5 Å². The largest absolute Gasteiger partial charge is 0.370 e. The van der Waals surface area contributed by atoms with Gasteiger partial charge in [-0.1, -0.05) is 48.9 Å². The summed E-state index contributed by atoms with van der Waals surface area (Å²) in [4.78, 5) is 52.2. The van der Waals surface area contributed by atoms with Crippen molar-refractivity contribution in [1.29, 1.82) is 0 Å². The second kappa shape index (κ2) is 14.1. The van der Waals surface area contributed by atoms with Crippen molar-refractivity contribution < 1.29 is 14.4 Å². The molecular weight excluding hydrogens is 526 g/mol. The number of Topliss-reactive ketones (excluding diaryl/α,β-unsaturated/α-hetero) is 1. The van der Waals surface area contributed by atoms with Gasteiger partial charge in [-0.3, -0.25) is 24.3 Å². The quantitative estimate of drug-likeness (QED) is 0.113. The van der Waals surface area contributed by atoms with E-state index in [0.29, 0.717) is 31.3 Å². The number of para-hydroxylation sites is 1. The summed E-state index contributed by atoms with van der Waals surface area (Å²) in [6.45, 7) is 0.947. The molecule has 40 heavy (non-hydrogen) atoms. The average molecular weight is 564 g/mol. The van der Waals surface area contributed by atoms with E-state index in [0.717, 1.165) is 23.1 Å². The Morgan fingerprint density at radius 3 is 2.55 bits per heavy atom. The minimum absolute atomic E-state index is 0.0532. The molecule has 6 N–H and O–H groups in total. The number of aromatic nitrogens is 1. The third kappa shape index (κ3) is 7.29. The molecule has 0 aliphatic carbocycles. The fourth-order valence-corrected chi connectivity index (χ4v) is 5.92. The summed E-state index contributed by atoms with van der Waals surface area (Å²) in [6.07, 6.45) is 3.40. The topological polar surface area (TPSA) is 156 Å². The van der Waals surface area contributed by atoms with Crippen LogP contribution in [0.25, 0.3) is 10.2 Å². The fraction of sp³-hybridized carbons (Fsp3) is 0.414. The lowest BCUT2D eigenvalue weighted by Crippen LogP contribution is -2.60. The standard InChI is InChI=1S/C29H37N7O3S/c1-32-22(18-19-10-3-2-4-11-19)28(39)36(27(38)21-13-7-8-16-33-21)23(14-9-17-34-29(30)31)25(37)26-35-20-12-5-6-15-24(20)40-26/h2-6,10-12,15,21-23,32-33H,7-9,13-14,16-18H2,1H3,(H4,30,31,34)/t21-,22+,23-/m0/s1. The van der Waals surface area contributed by atoms with Gasteiger partial charge in [-0.05, 0) is 63.4 Å². The van der Waals surface area contributed by atoms with E-state index in [1.807, 2.05) is 54.6 Å². The Bertz CT molecular complexity index is 1300. The maximum absolute atomic E-state index is 14.2. The molecule has 0 unspecified atom stereocenters. The summed E-state index contributed by atoms with van der Waals surface area (Å²) >= 11 is 1.26. The van der Waals surface area contributed by atoms with Crippen LogP contribution in [0.5, 0.6) is 0 Å². The Hall–Kier alpha value is -3.67. The summed E-state index contributed by atoms with van der Waals surface area (Å²) in [5.74, 6) is -1.25. The maximum atomic E-state index is 14.2. The number of aliphatic imine (C=N–C) groups is 1. The normalized spacial score (nSPS) is 16.7. The predicted octanol–water partition coefficient (Wildman–Crippen LogP) is 2.23. The number of likely N-dealkylation sites (N-methyl/N-ethyl adjacent to an activating group) is 1. The van der Waals surface area contributed by atoms with Crippen LogP contribution in [0.3, 0.4) is 0 Å². The summed E-state index contributed by atoms with van der Waals surface area (Å²) < 4.78 is 0.862. The molecule has 1 fully saturated rings. The summed E-state index contributed by atoms with van der Waals surface area (Å²) in [6, 6.07) is 14.8. The molecule has 0 spiro atoms. The third-order valence-electron chi connectivity index (χ3n) is 7.06. The number of benzene rings is 2. The van der Waals surface area contributed by atoms with Gasteiger partial charge in [0.25, 0.3) is 0 Å². The van der Waals surface area contributed by atoms with Crippen LogP contribution in [0.4, 0.5) is 0 Å². The maximum Gasteiger partial charge on any atom is 0.247 e. The second-order valence-electron chi connectivity index (χ2n) is 9.90. The molecule has 1 aromatic heterocycles. The smallest absolute Gasteiger partial charge is 0.247 e. The fourth-order valence-electron chi connectivity index (χ4n) is 4.97. The zero-order chi connectivity index (χ0) is 28.5. The van der Waals surface area contributed by atoms with Crippen molar-refractivity contribution in [2.75, 3.05) is 20.1 Å². The predicted molar refractivity (Wildman–Crippen MR) is 158 cm³/mol. The van der Waals surface area contributed by atoms with Crippen LogP contribution in [-0.2, 0) is 16.0 Å². The zero-order valence-corrected chi connectivity index (χ0v) is 23.5. The lowest BCUT2D eigenvalue weighted by molar-refractivity contribution is -0.150. The number of nitrogens with one attached hydrogen (secondary N) is 2. The number of guanidine groups is 1. The highest BCUT2D eigenvalue weighted by molar-refractivity contribution is 7.20. The van der Waals surface area contributed by atoms with Crippen molar-refractivity contribution in [2.24, 2.45) is 16.5 Å². The van der Waals surface area contributed by atoms with Crippen molar-refractivity contribution in [3.63, 3.8) is 0 Å². The number of ketones is 1. The molecule has 0 bridgehead atoms. The Morgan fingerprint density at radius 2 is 1.88 bits per heavy atom. The highest BCUT2D eigenvalue weighted by atomic mass is 32.1. The molecule has 4 rings (SSSR count). The zero-order valence-electron chi connectivity index (χ0n) is 22.7.